The van der Waals surface area contributed by atoms with Crippen molar-refractivity contribution in [1.29, 1.82) is 0 Å². The molecule has 3 rings (SSSR count). The maximum atomic E-state index is 5.72. The van der Waals surface area contributed by atoms with E-state index in [1.165, 1.54) is 0 Å². The molecule has 0 radical (unpaired) electrons. The molecule has 0 aromatic carbocycles. The van der Waals surface area contributed by atoms with E-state index in [1.807, 2.05) is 19.1 Å². The first-order valence-electron chi connectivity index (χ1n) is 5.99. The van der Waals surface area contributed by atoms with Gasteiger partial charge in [0.1, 0.15) is 5.76 Å². The Morgan fingerprint density at radius 2 is 2.22 bits per heavy atom. The lowest BCUT2D eigenvalue weighted by atomic mass is 9.82. The van der Waals surface area contributed by atoms with Crippen molar-refractivity contribution in [2.75, 3.05) is 5.73 Å². The zero-order valence-electron chi connectivity index (χ0n) is 10.3. The molecule has 92 valence electrons. The summed E-state index contributed by atoms with van der Waals surface area (Å²) in [4.78, 5) is 8.56. The molecule has 0 saturated heterocycles. The number of nitrogens with two attached hydrogens (primary N) is 1. The minimum Gasteiger partial charge on any atom is -0.469 e. The van der Waals surface area contributed by atoms with Crippen LogP contribution in [0.25, 0.3) is 5.57 Å². The van der Waals surface area contributed by atoms with Crippen molar-refractivity contribution in [3.05, 3.63) is 47.7 Å². The van der Waals surface area contributed by atoms with Crippen LogP contribution in [0.2, 0.25) is 0 Å². The molecule has 4 nitrogen and oxygen atoms in total. The Hall–Kier alpha value is -2.10. The van der Waals surface area contributed by atoms with Gasteiger partial charge < -0.3 is 10.2 Å². The van der Waals surface area contributed by atoms with Gasteiger partial charge in [0.2, 0.25) is 5.95 Å². The number of aryl methyl sites for hydroxylation is 1. The molecule has 0 aliphatic heterocycles. The fourth-order valence-corrected chi connectivity index (χ4v) is 2.69. The van der Waals surface area contributed by atoms with E-state index in [2.05, 4.69) is 16.5 Å². The SMILES string of the molecule is C=C1CC(c2ccco2)Cc2nc(N)nc(C)c21. The Kier molecular flexibility index (Phi) is 2.44. The number of aromatic nitrogens is 2. The lowest BCUT2D eigenvalue weighted by molar-refractivity contribution is 0.455. The van der Waals surface area contributed by atoms with Crippen molar-refractivity contribution >= 4 is 11.5 Å². The van der Waals surface area contributed by atoms with Crippen molar-refractivity contribution in [3.63, 3.8) is 0 Å². The Bertz CT molecular complexity index is 602. The lowest BCUT2D eigenvalue weighted by Gasteiger charge is -2.25. The maximum absolute atomic E-state index is 5.72. The summed E-state index contributed by atoms with van der Waals surface area (Å²) in [6.07, 6.45) is 3.41. The lowest BCUT2D eigenvalue weighted by Crippen LogP contribution is -2.16. The Morgan fingerprint density at radius 1 is 1.39 bits per heavy atom. The van der Waals surface area contributed by atoms with E-state index in [4.69, 9.17) is 10.2 Å². The predicted molar refractivity (Wildman–Crippen MR) is 70.0 cm³/mol. The highest BCUT2D eigenvalue weighted by molar-refractivity contribution is 5.70. The minimum absolute atomic E-state index is 0.300. The Labute approximate surface area is 106 Å². The number of anilines is 1. The molecular weight excluding hydrogens is 226 g/mol. The molecule has 1 aliphatic carbocycles. The fraction of sp³-hybridized carbons (Fsp3) is 0.286. The van der Waals surface area contributed by atoms with E-state index >= 15 is 0 Å². The van der Waals surface area contributed by atoms with Gasteiger partial charge in [0.25, 0.3) is 0 Å². The van der Waals surface area contributed by atoms with Crippen LogP contribution >= 0.6 is 0 Å². The first-order valence-corrected chi connectivity index (χ1v) is 5.99. The molecule has 18 heavy (non-hydrogen) atoms. The highest BCUT2D eigenvalue weighted by Gasteiger charge is 2.27. The van der Waals surface area contributed by atoms with Crippen molar-refractivity contribution in [2.24, 2.45) is 0 Å². The number of fused-ring (bicyclic) bond motifs is 1. The van der Waals surface area contributed by atoms with Crippen LogP contribution < -0.4 is 5.73 Å². The van der Waals surface area contributed by atoms with Gasteiger partial charge in [0, 0.05) is 17.9 Å². The van der Waals surface area contributed by atoms with Crippen molar-refractivity contribution < 1.29 is 4.42 Å². The topological polar surface area (TPSA) is 64.9 Å². The van der Waals surface area contributed by atoms with Gasteiger partial charge in [0.05, 0.1) is 17.7 Å². The third-order valence-electron chi connectivity index (χ3n) is 3.41. The fourth-order valence-electron chi connectivity index (χ4n) is 2.69. The predicted octanol–water partition coefficient (Wildman–Crippen LogP) is 2.70. The van der Waals surface area contributed by atoms with E-state index in [1.54, 1.807) is 6.26 Å². The number of allylic oxidation sites excluding steroid dienone is 1. The molecule has 2 aromatic rings. The average Bonchev–Trinajstić information content (AvgIpc) is 2.80. The minimum atomic E-state index is 0.300. The summed E-state index contributed by atoms with van der Waals surface area (Å²) in [5.74, 6) is 1.62. The standard InChI is InChI=1S/C14H15N3O/c1-8-6-10(12-4-3-5-18-12)7-11-13(8)9(2)16-14(15)17-11/h3-5,10H,1,6-7H2,2H3,(H2,15,16,17). The molecule has 0 saturated carbocycles. The van der Waals surface area contributed by atoms with E-state index in [0.717, 1.165) is 41.1 Å². The van der Waals surface area contributed by atoms with Gasteiger partial charge in [-0.3, -0.25) is 0 Å². The van der Waals surface area contributed by atoms with Gasteiger partial charge in [-0.25, -0.2) is 9.97 Å². The summed E-state index contributed by atoms with van der Waals surface area (Å²) in [6.45, 7) is 6.10. The van der Waals surface area contributed by atoms with Gasteiger partial charge in [-0.15, -0.1) is 0 Å². The normalized spacial score (nSPS) is 18.7. The van der Waals surface area contributed by atoms with E-state index < -0.39 is 0 Å². The number of rotatable bonds is 1. The highest BCUT2D eigenvalue weighted by atomic mass is 16.3. The molecule has 1 atom stereocenters. The molecule has 0 bridgehead atoms. The third kappa shape index (κ3) is 1.70. The Morgan fingerprint density at radius 3 is 2.94 bits per heavy atom. The van der Waals surface area contributed by atoms with Crippen LogP contribution in [0.1, 0.15) is 35.1 Å². The number of furan rings is 1. The number of nitrogen functional groups attached to an aromatic ring is 1. The van der Waals surface area contributed by atoms with Crippen molar-refractivity contribution in [1.82, 2.24) is 9.97 Å². The quantitative estimate of drug-likeness (QED) is 0.833. The third-order valence-corrected chi connectivity index (χ3v) is 3.41. The van der Waals surface area contributed by atoms with Gasteiger partial charge in [0.15, 0.2) is 0 Å². The van der Waals surface area contributed by atoms with Crippen LogP contribution in [-0.2, 0) is 6.42 Å². The molecule has 1 unspecified atom stereocenters. The van der Waals surface area contributed by atoms with Crippen molar-refractivity contribution in [2.45, 2.75) is 25.7 Å². The molecule has 0 amide bonds. The zero-order chi connectivity index (χ0) is 12.7. The summed E-state index contributed by atoms with van der Waals surface area (Å²) in [5.41, 5.74) is 9.76. The van der Waals surface area contributed by atoms with Crippen molar-refractivity contribution in [3.8, 4) is 0 Å². The summed E-state index contributed by atoms with van der Waals surface area (Å²) in [5, 5.41) is 0. The smallest absolute Gasteiger partial charge is 0.220 e. The molecule has 2 heterocycles. The van der Waals surface area contributed by atoms with Crippen LogP contribution in [0.5, 0.6) is 0 Å². The van der Waals surface area contributed by atoms with Gasteiger partial charge in [-0.2, -0.15) is 0 Å². The number of nitrogens with zero attached hydrogens (tertiary/aromatic N) is 2. The van der Waals surface area contributed by atoms with Gasteiger partial charge in [-0.05, 0) is 31.1 Å². The van der Waals surface area contributed by atoms with E-state index in [-0.39, 0.29) is 0 Å². The van der Waals surface area contributed by atoms with Gasteiger partial charge in [-0.1, -0.05) is 6.58 Å². The monoisotopic (exact) mass is 241 g/mol. The second kappa shape index (κ2) is 3.98. The summed E-state index contributed by atoms with van der Waals surface area (Å²) >= 11 is 0. The van der Waals surface area contributed by atoms with Crippen LogP contribution in [0.3, 0.4) is 0 Å². The average molecular weight is 241 g/mol. The molecule has 0 fully saturated rings. The zero-order valence-corrected chi connectivity index (χ0v) is 10.3. The highest BCUT2D eigenvalue weighted by Crippen LogP contribution is 2.38. The largest absolute Gasteiger partial charge is 0.469 e. The number of hydrogen-bond acceptors (Lipinski definition) is 4. The van der Waals surface area contributed by atoms with Gasteiger partial charge >= 0.3 is 0 Å². The molecule has 0 spiro atoms. The maximum Gasteiger partial charge on any atom is 0.220 e. The molecule has 2 N–H and O–H groups in total. The first kappa shape index (κ1) is 11.0. The first-order chi connectivity index (χ1) is 8.65. The van der Waals surface area contributed by atoms with E-state index in [0.29, 0.717) is 11.9 Å². The second-order valence-corrected chi connectivity index (χ2v) is 4.71. The van der Waals surface area contributed by atoms with Crippen LogP contribution in [0, 0.1) is 6.92 Å². The van der Waals surface area contributed by atoms with E-state index in [9.17, 15) is 0 Å². The van der Waals surface area contributed by atoms with Crippen LogP contribution in [0.15, 0.2) is 29.4 Å². The van der Waals surface area contributed by atoms with Crippen LogP contribution in [0.4, 0.5) is 5.95 Å². The summed E-state index contributed by atoms with van der Waals surface area (Å²) in [6, 6.07) is 3.91. The molecule has 4 heteroatoms. The molecular formula is C14H15N3O. The summed E-state index contributed by atoms with van der Waals surface area (Å²) < 4.78 is 5.48. The molecule has 1 aliphatic rings. The number of hydrogen-bond donors (Lipinski definition) is 1. The molecule has 2 aromatic heterocycles. The Balaban J connectivity index is 2.04. The van der Waals surface area contributed by atoms with Crippen LogP contribution in [-0.4, -0.2) is 9.97 Å². The summed E-state index contributed by atoms with van der Waals surface area (Å²) in [7, 11) is 0. The second-order valence-electron chi connectivity index (χ2n) is 4.71.